The van der Waals surface area contributed by atoms with E-state index in [1.165, 1.54) is 4.90 Å². The van der Waals surface area contributed by atoms with Crippen LogP contribution in [0.4, 0.5) is 5.69 Å². The summed E-state index contributed by atoms with van der Waals surface area (Å²) in [6.07, 6.45) is 3.48. The maximum Gasteiger partial charge on any atom is 0.185 e. The molecular formula is C23H21NOS. The molecule has 0 aliphatic heterocycles. The summed E-state index contributed by atoms with van der Waals surface area (Å²) in [5.41, 5.74) is 2.85. The summed E-state index contributed by atoms with van der Waals surface area (Å²) >= 11 is 1.69. The molecule has 130 valence electrons. The van der Waals surface area contributed by atoms with Gasteiger partial charge >= 0.3 is 0 Å². The summed E-state index contributed by atoms with van der Waals surface area (Å²) in [5, 5.41) is 0. The molecule has 3 heteroatoms. The van der Waals surface area contributed by atoms with Gasteiger partial charge in [0.15, 0.2) is 5.78 Å². The number of hydrogen-bond acceptors (Lipinski definition) is 3. The van der Waals surface area contributed by atoms with Crippen LogP contribution in [0.2, 0.25) is 0 Å². The minimum Gasteiger partial charge on any atom is -0.378 e. The molecule has 26 heavy (non-hydrogen) atoms. The summed E-state index contributed by atoms with van der Waals surface area (Å²) in [6, 6.07) is 26.1. The lowest BCUT2D eigenvalue weighted by molar-refractivity contribution is 0.104. The summed E-state index contributed by atoms with van der Waals surface area (Å²) < 4.78 is 0. The highest BCUT2D eigenvalue weighted by molar-refractivity contribution is 7.99. The number of allylic oxidation sites excluding steroid dienone is 1. The van der Waals surface area contributed by atoms with Gasteiger partial charge in [-0.3, -0.25) is 4.79 Å². The smallest absolute Gasteiger partial charge is 0.185 e. The van der Waals surface area contributed by atoms with Crippen LogP contribution in [0, 0.1) is 0 Å². The average Bonchev–Trinajstić information content (AvgIpc) is 2.68. The summed E-state index contributed by atoms with van der Waals surface area (Å²) in [6.45, 7) is 0. The first-order valence-corrected chi connectivity index (χ1v) is 9.26. The number of anilines is 1. The Morgan fingerprint density at radius 2 is 1.42 bits per heavy atom. The van der Waals surface area contributed by atoms with Crippen molar-refractivity contribution >= 4 is 29.3 Å². The Hall–Kier alpha value is -2.78. The Morgan fingerprint density at radius 1 is 0.808 bits per heavy atom. The minimum absolute atomic E-state index is 0.0120. The average molecular weight is 359 g/mol. The highest BCUT2D eigenvalue weighted by atomic mass is 32.2. The summed E-state index contributed by atoms with van der Waals surface area (Å²) in [4.78, 5) is 16.7. The SMILES string of the molecule is CN(C)c1ccc(/C=C/C(=O)c2ccc(Sc3ccccc3)cc2)cc1. The quantitative estimate of drug-likeness (QED) is 0.410. The highest BCUT2D eigenvalue weighted by Gasteiger charge is 2.03. The van der Waals surface area contributed by atoms with Crippen LogP contribution in [0.3, 0.4) is 0 Å². The molecule has 0 saturated heterocycles. The van der Waals surface area contributed by atoms with E-state index in [9.17, 15) is 4.79 Å². The lowest BCUT2D eigenvalue weighted by atomic mass is 10.1. The van der Waals surface area contributed by atoms with Gasteiger partial charge in [0.2, 0.25) is 0 Å². The Bertz CT molecular complexity index is 882. The van der Waals surface area contributed by atoms with Crippen molar-refractivity contribution in [3.05, 3.63) is 96.1 Å². The molecule has 3 rings (SSSR count). The van der Waals surface area contributed by atoms with Crippen molar-refractivity contribution in [2.24, 2.45) is 0 Å². The lowest BCUT2D eigenvalue weighted by Crippen LogP contribution is -2.07. The number of benzene rings is 3. The largest absolute Gasteiger partial charge is 0.378 e. The molecule has 0 N–H and O–H groups in total. The molecule has 0 saturated carbocycles. The molecule has 0 heterocycles. The number of carbonyl (C=O) groups is 1. The van der Waals surface area contributed by atoms with Crippen molar-refractivity contribution in [1.82, 2.24) is 0 Å². The molecule has 0 fully saturated rings. The van der Waals surface area contributed by atoms with E-state index in [-0.39, 0.29) is 5.78 Å². The van der Waals surface area contributed by atoms with E-state index in [1.807, 2.05) is 91.8 Å². The number of carbonyl (C=O) groups excluding carboxylic acids is 1. The number of hydrogen-bond donors (Lipinski definition) is 0. The van der Waals surface area contributed by atoms with Gasteiger partial charge in [-0.05, 0) is 60.2 Å². The van der Waals surface area contributed by atoms with Crippen LogP contribution in [0.25, 0.3) is 6.08 Å². The minimum atomic E-state index is 0.0120. The van der Waals surface area contributed by atoms with Gasteiger partial charge in [-0.25, -0.2) is 0 Å². The van der Waals surface area contributed by atoms with E-state index in [0.29, 0.717) is 5.56 Å². The Kier molecular flexibility index (Phi) is 5.92. The number of ketones is 1. The molecule has 0 spiro atoms. The monoisotopic (exact) mass is 359 g/mol. The van der Waals surface area contributed by atoms with E-state index in [0.717, 1.165) is 16.1 Å². The third kappa shape index (κ3) is 4.87. The lowest BCUT2D eigenvalue weighted by Gasteiger charge is -2.11. The molecule has 0 aliphatic carbocycles. The Labute approximate surface area is 159 Å². The van der Waals surface area contributed by atoms with E-state index >= 15 is 0 Å². The van der Waals surface area contributed by atoms with E-state index in [2.05, 4.69) is 12.1 Å². The van der Waals surface area contributed by atoms with Gasteiger partial charge in [-0.2, -0.15) is 0 Å². The fourth-order valence-electron chi connectivity index (χ4n) is 2.46. The molecular weight excluding hydrogens is 338 g/mol. The van der Waals surface area contributed by atoms with Crippen molar-refractivity contribution in [2.45, 2.75) is 9.79 Å². The van der Waals surface area contributed by atoms with Crippen LogP contribution in [0.1, 0.15) is 15.9 Å². The summed E-state index contributed by atoms with van der Waals surface area (Å²) in [5.74, 6) is 0.0120. The molecule has 2 nitrogen and oxygen atoms in total. The maximum atomic E-state index is 12.4. The normalized spacial score (nSPS) is 10.8. The molecule has 3 aromatic carbocycles. The van der Waals surface area contributed by atoms with Crippen LogP contribution >= 0.6 is 11.8 Å². The van der Waals surface area contributed by atoms with Crippen LogP contribution in [0.5, 0.6) is 0 Å². The number of rotatable bonds is 6. The predicted octanol–water partition coefficient (Wildman–Crippen LogP) is 5.80. The van der Waals surface area contributed by atoms with Gasteiger partial charge in [0.25, 0.3) is 0 Å². The van der Waals surface area contributed by atoms with Gasteiger partial charge in [0, 0.05) is 35.1 Å². The van der Waals surface area contributed by atoms with Crippen LogP contribution in [-0.4, -0.2) is 19.9 Å². The molecule has 0 radical (unpaired) electrons. The van der Waals surface area contributed by atoms with E-state index < -0.39 is 0 Å². The van der Waals surface area contributed by atoms with Gasteiger partial charge < -0.3 is 4.90 Å². The fourth-order valence-corrected chi connectivity index (χ4v) is 3.30. The van der Waals surface area contributed by atoms with Gasteiger partial charge in [-0.15, -0.1) is 0 Å². The second-order valence-corrected chi connectivity index (χ2v) is 7.27. The standard InChI is InChI=1S/C23H21NOS/c1-24(2)20-13-8-18(9-14-20)10-17-23(25)19-11-15-22(16-12-19)26-21-6-4-3-5-7-21/h3-17H,1-2H3/b17-10+. The van der Waals surface area contributed by atoms with E-state index in [4.69, 9.17) is 0 Å². The molecule has 0 unspecified atom stereocenters. The zero-order chi connectivity index (χ0) is 18.4. The van der Waals surface area contributed by atoms with Crippen molar-refractivity contribution in [2.75, 3.05) is 19.0 Å². The molecule has 0 aromatic heterocycles. The summed E-state index contributed by atoms with van der Waals surface area (Å²) in [7, 11) is 4.02. The zero-order valence-electron chi connectivity index (χ0n) is 14.9. The molecule has 0 atom stereocenters. The third-order valence-electron chi connectivity index (χ3n) is 3.95. The van der Waals surface area contributed by atoms with E-state index in [1.54, 1.807) is 17.8 Å². The van der Waals surface area contributed by atoms with Gasteiger partial charge in [-0.1, -0.05) is 48.2 Å². The predicted molar refractivity (Wildman–Crippen MR) is 111 cm³/mol. The second-order valence-electron chi connectivity index (χ2n) is 6.12. The fraction of sp³-hybridized carbons (Fsp3) is 0.0870. The molecule has 3 aromatic rings. The Morgan fingerprint density at radius 3 is 2.04 bits per heavy atom. The van der Waals surface area contributed by atoms with Gasteiger partial charge in [0.1, 0.15) is 0 Å². The molecule has 0 amide bonds. The molecule has 0 aliphatic rings. The van der Waals surface area contributed by atoms with Crippen molar-refractivity contribution in [3.8, 4) is 0 Å². The number of nitrogens with zero attached hydrogens (tertiary/aromatic N) is 1. The first-order chi connectivity index (χ1) is 12.6. The van der Waals surface area contributed by atoms with Crippen molar-refractivity contribution < 1.29 is 4.79 Å². The first kappa shape index (κ1) is 18.0. The van der Waals surface area contributed by atoms with Crippen LogP contribution in [-0.2, 0) is 0 Å². The van der Waals surface area contributed by atoms with Gasteiger partial charge in [0.05, 0.1) is 0 Å². The first-order valence-electron chi connectivity index (χ1n) is 8.44. The van der Waals surface area contributed by atoms with Crippen molar-refractivity contribution in [1.29, 1.82) is 0 Å². The third-order valence-corrected chi connectivity index (χ3v) is 4.97. The molecule has 0 bridgehead atoms. The topological polar surface area (TPSA) is 20.3 Å². The maximum absolute atomic E-state index is 12.4. The zero-order valence-corrected chi connectivity index (χ0v) is 15.7. The second kappa shape index (κ2) is 8.54. The van der Waals surface area contributed by atoms with Crippen LogP contribution in [0.15, 0.2) is 94.7 Å². The highest BCUT2D eigenvalue weighted by Crippen LogP contribution is 2.27. The Balaban J connectivity index is 1.64. The van der Waals surface area contributed by atoms with Crippen LogP contribution < -0.4 is 4.90 Å². The van der Waals surface area contributed by atoms with Crippen molar-refractivity contribution in [3.63, 3.8) is 0 Å².